The normalized spacial score (nSPS) is 13.6. The molecule has 0 heterocycles. The van der Waals surface area contributed by atoms with Gasteiger partial charge in [0.05, 0.1) is 32.0 Å². The van der Waals surface area contributed by atoms with Crippen molar-refractivity contribution < 1.29 is 19.9 Å². The summed E-state index contributed by atoms with van der Waals surface area (Å²) < 4.78 is 0. The Labute approximate surface area is 206 Å². The zero-order chi connectivity index (χ0) is 24.4. The van der Waals surface area contributed by atoms with Crippen LogP contribution in [0.15, 0.2) is 0 Å². The molecule has 0 radical (unpaired) electrons. The van der Waals surface area contributed by atoms with Crippen molar-refractivity contribution in [1.29, 1.82) is 0 Å². The molecule has 0 fully saturated rings. The highest BCUT2D eigenvalue weighted by molar-refractivity contribution is 4.51. The zero-order valence-electron chi connectivity index (χ0n) is 22.6. The second kappa shape index (κ2) is 26.4. The van der Waals surface area contributed by atoms with E-state index in [-0.39, 0.29) is 12.2 Å². The summed E-state index contributed by atoms with van der Waals surface area (Å²) >= 11 is 0. The summed E-state index contributed by atoms with van der Waals surface area (Å²) in [6.45, 7) is 8.03. The van der Waals surface area contributed by atoms with Crippen molar-refractivity contribution in [2.75, 3.05) is 19.8 Å². The molecule has 5 nitrogen and oxygen atoms in total. The summed E-state index contributed by atoms with van der Waals surface area (Å²) in [5, 5.41) is 20.4. The van der Waals surface area contributed by atoms with Crippen LogP contribution in [-0.4, -0.2) is 47.4 Å². The molecule has 33 heavy (non-hydrogen) atoms. The van der Waals surface area contributed by atoms with E-state index in [0.29, 0.717) is 13.2 Å². The third-order valence-electron chi connectivity index (χ3n) is 6.20. The van der Waals surface area contributed by atoms with Gasteiger partial charge < -0.3 is 10.2 Å². The van der Waals surface area contributed by atoms with E-state index in [2.05, 4.69) is 6.92 Å². The van der Waals surface area contributed by atoms with E-state index in [9.17, 15) is 10.2 Å². The molecule has 0 saturated carbocycles. The average molecular weight is 474 g/mol. The molecular weight excluding hydrogens is 414 g/mol. The summed E-state index contributed by atoms with van der Waals surface area (Å²) in [4.78, 5) is 11.7. The first kappa shape index (κ1) is 32.8. The summed E-state index contributed by atoms with van der Waals surface area (Å²) in [5.74, 6) is 0. The van der Waals surface area contributed by atoms with Gasteiger partial charge in [0.15, 0.2) is 0 Å². The molecule has 0 saturated heterocycles. The smallest absolute Gasteiger partial charge is 0.0711 e. The van der Waals surface area contributed by atoms with Gasteiger partial charge in [-0.1, -0.05) is 95.6 Å². The minimum Gasteiger partial charge on any atom is -0.393 e. The van der Waals surface area contributed by atoms with Gasteiger partial charge in [-0.15, -0.1) is 0 Å². The lowest BCUT2D eigenvalue weighted by Gasteiger charge is -2.21. The first-order valence-corrected chi connectivity index (χ1v) is 14.5. The van der Waals surface area contributed by atoms with E-state index in [4.69, 9.17) is 9.68 Å². The zero-order valence-corrected chi connectivity index (χ0v) is 22.6. The molecule has 0 aliphatic rings. The van der Waals surface area contributed by atoms with Crippen LogP contribution in [0, 0.1) is 0 Å². The van der Waals surface area contributed by atoms with Crippen LogP contribution >= 0.6 is 0 Å². The number of hydrogen-bond donors (Lipinski definition) is 2. The maximum atomic E-state index is 9.37. The molecule has 0 aromatic heterocycles. The van der Waals surface area contributed by atoms with E-state index < -0.39 is 0 Å². The minimum absolute atomic E-state index is 0.234. The first-order valence-electron chi connectivity index (χ1n) is 14.5. The molecule has 0 bridgehead atoms. The fourth-order valence-corrected chi connectivity index (χ4v) is 4.02. The summed E-state index contributed by atoms with van der Waals surface area (Å²) in [6.07, 6.45) is 24.0. The molecule has 2 atom stereocenters. The summed E-state index contributed by atoms with van der Waals surface area (Å²) in [5.41, 5.74) is 0. The average Bonchev–Trinajstić information content (AvgIpc) is 2.77. The Morgan fingerprint density at radius 3 is 1.24 bits per heavy atom. The molecule has 0 aliphatic carbocycles. The lowest BCUT2D eigenvalue weighted by molar-refractivity contribution is -0.369. The van der Waals surface area contributed by atoms with Gasteiger partial charge in [0.25, 0.3) is 0 Å². The number of unbranched alkanes of at least 4 members (excludes halogenated alkanes) is 15. The van der Waals surface area contributed by atoms with Gasteiger partial charge in [-0.3, -0.25) is 9.68 Å². The number of aliphatic hydroxyl groups excluding tert-OH is 2. The van der Waals surface area contributed by atoms with Crippen LogP contribution in [0.1, 0.15) is 149 Å². The van der Waals surface area contributed by atoms with Gasteiger partial charge in [-0.25, -0.2) is 0 Å². The third-order valence-corrected chi connectivity index (χ3v) is 6.20. The minimum atomic E-state index is -0.234. The van der Waals surface area contributed by atoms with Gasteiger partial charge in [-0.2, -0.15) is 0 Å². The molecule has 2 N–H and O–H groups in total. The predicted molar refractivity (Wildman–Crippen MR) is 140 cm³/mol. The second-order valence-electron chi connectivity index (χ2n) is 10.0. The van der Waals surface area contributed by atoms with E-state index in [0.717, 1.165) is 51.5 Å². The van der Waals surface area contributed by atoms with Crippen molar-refractivity contribution in [2.45, 2.75) is 161 Å². The molecule has 2 unspecified atom stereocenters. The van der Waals surface area contributed by atoms with Crippen LogP contribution in [0.25, 0.3) is 0 Å². The van der Waals surface area contributed by atoms with Crippen molar-refractivity contribution in [2.24, 2.45) is 0 Å². The molecule has 0 aromatic rings. The largest absolute Gasteiger partial charge is 0.393 e. The third kappa shape index (κ3) is 27.9. The fraction of sp³-hybridized carbons (Fsp3) is 1.00. The Bertz CT molecular complexity index is 348. The Kier molecular flexibility index (Phi) is 26.2. The maximum Gasteiger partial charge on any atom is 0.0711 e. The number of rotatable bonds is 27. The van der Waals surface area contributed by atoms with Gasteiger partial charge >= 0.3 is 0 Å². The Hall–Kier alpha value is -0.200. The van der Waals surface area contributed by atoms with E-state index >= 15 is 0 Å². The number of aliphatic hydroxyl groups is 2. The van der Waals surface area contributed by atoms with Gasteiger partial charge in [0, 0.05) is 0 Å². The van der Waals surface area contributed by atoms with Crippen LogP contribution in [0.2, 0.25) is 0 Å². The van der Waals surface area contributed by atoms with Crippen LogP contribution in [-0.2, 0) is 9.68 Å². The predicted octanol–water partition coefficient (Wildman–Crippen LogP) is 7.74. The quantitative estimate of drug-likeness (QED) is 0.0943. The van der Waals surface area contributed by atoms with Gasteiger partial charge in [0.1, 0.15) is 0 Å². The highest BCUT2D eigenvalue weighted by Crippen LogP contribution is 2.13. The summed E-state index contributed by atoms with van der Waals surface area (Å²) in [7, 11) is 0. The van der Waals surface area contributed by atoms with Gasteiger partial charge in [0.2, 0.25) is 0 Å². The standard InChI is InChI=1S/C28H59NO4/c1-4-5-6-7-8-9-10-11-12-13-14-15-16-19-24-29(32-25-20-17-22-27(2)30)33-26-21-18-23-28(3)31/h27-28,30-31H,4-26H2,1-3H3. The Morgan fingerprint density at radius 2 is 0.879 bits per heavy atom. The van der Waals surface area contributed by atoms with Crippen molar-refractivity contribution in [1.82, 2.24) is 5.23 Å². The first-order chi connectivity index (χ1) is 16.1. The molecule has 0 aromatic carbocycles. The Morgan fingerprint density at radius 1 is 0.515 bits per heavy atom. The highest BCUT2D eigenvalue weighted by atomic mass is 16.9. The molecule has 0 amide bonds. The highest BCUT2D eigenvalue weighted by Gasteiger charge is 2.07. The number of nitrogens with zero attached hydrogens (tertiary/aromatic N) is 1. The van der Waals surface area contributed by atoms with Crippen LogP contribution in [0.4, 0.5) is 0 Å². The number of hydroxylamine groups is 2. The second-order valence-corrected chi connectivity index (χ2v) is 10.0. The van der Waals surface area contributed by atoms with E-state index in [1.165, 1.54) is 83.5 Å². The van der Waals surface area contributed by atoms with E-state index in [1.807, 2.05) is 13.8 Å². The molecule has 0 rings (SSSR count). The molecular formula is C28H59NO4. The topological polar surface area (TPSA) is 62.2 Å². The monoisotopic (exact) mass is 473 g/mol. The van der Waals surface area contributed by atoms with Crippen molar-refractivity contribution in [3.05, 3.63) is 0 Å². The van der Waals surface area contributed by atoms with Crippen molar-refractivity contribution in [3.63, 3.8) is 0 Å². The lowest BCUT2D eigenvalue weighted by atomic mass is 10.0. The lowest BCUT2D eigenvalue weighted by Crippen LogP contribution is -2.27. The van der Waals surface area contributed by atoms with Crippen molar-refractivity contribution in [3.8, 4) is 0 Å². The SMILES string of the molecule is CCCCCCCCCCCCCCCCN(OCCCCC(C)O)OCCCCC(C)O. The van der Waals surface area contributed by atoms with Gasteiger partial charge in [-0.05, 0) is 58.8 Å². The number of hydrogen-bond acceptors (Lipinski definition) is 5. The van der Waals surface area contributed by atoms with Crippen molar-refractivity contribution >= 4 is 0 Å². The van der Waals surface area contributed by atoms with Crippen LogP contribution < -0.4 is 0 Å². The molecule has 0 spiro atoms. The van der Waals surface area contributed by atoms with Crippen LogP contribution in [0.5, 0.6) is 0 Å². The van der Waals surface area contributed by atoms with Crippen LogP contribution in [0.3, 0.4) is 0 Å². The molecule has 0 aliphatic heterocycles. The fourth-order valence-electron chi connectivity index (χ4n) is 4.02. The Balaban J connectivity index is 3.71. The maximum absolute atomic E-state index is 9.37. The van der Waals surface area contributed by atoms with E-state index in [1.54, 1.807) is 5.23 Å². The summed E-state index contributed by atoms with van der Waals surface area (Å²) in [6, 6.07) is 0. The molecule has 5 heteroatoms. The molecule has 200 valence electrons.